The first-order chi connectivity index (χ1) is 13.4. The molecule has 5 nitrogen and oxygen atoms in total. The molecule has 9 heteroatoms. The summed E-state index contributed by atoms with van der Waals surface area (Å²) in [5, 5.41) is 9.12. The molecule has 0 bridgehead atoms. The largest absolute Gasteiger partial charge is 0.453 e. The molecule has 1 N–H and O–H groups in total. The summed E-state index contributed by atoms with van der Waals surface area (Å²) in [6, 6.07) is 17.5. The molecule has 0 saturated heterocycles. The van der Waals surface area contributed by atoms with Gasteiger partial charge in [-0.05, 0) is 42.4 Å². The van der Waals surface area contributed by atoms with Crippen molar-refractivity contribution < 1.29 is 13.2 Å². The first-order valence-corrected chi connectivity index (χ1v) is 8.97. The van der Waals surface area contributed by atoms with Gasteiger partial charge in [0.15, 0.2) is 0 Å². The third-order valence-electron chi connectivity index (χ3n) is 4.08. The Labute approximate surface area is 165 Å². The molecule has 0 aliphatic rings. The van der Waals surface area contributed by atoms with Crippen molar-refractivity contribution in [2.24, 2.45) is 5.10 Å². The molecule has 0 spiro atoms. The maximum absolute atomic E-state index is 12.9. The lowest BCUT2D eigenvalue weighted by Crippen LogP contribution is -2.21. The van der Waals surface area contributed by atoms with Gasteiger partial charge in [0.2, 0.25) is 4.77 Å². The molecule has 0 atom stereocenters. The van der Waals surface area contributed by atoms with Crippen molar-refractivity contribution in [2.75, 3.05) is 11.4 Å². The quantitative estimate of drug-likeness (QED) is 0.470. The molecule has 1 aromatic heterocycles. The van der Waals surface area contributed by atoms with Crippen molar-refractivity contribution in [3.63, 3.8) is 0 Å². The summed E-state index contributed by atoms with van der Waals surface area (Å²) in [7, 11) is 0. The van der Waals surface area contributed by atoms with Gasteiger partial charge >= 0.3 is 6.18 Å². The second kappa shape index (κ2) is 8.39. The van der Waals surface area contributed by atoms with Crippen molar-refractivity contribution >= 4 is 24.1 Å². The van der Waals surface area contributed by atoms with Crippen LogP contribution >= 0.6 is 12.2 Å². The SMILES string of the molecule is CCN(Cc1ccccc1)c1ccc(/C=N\n2c(C(F)(F)F)n[nH]c2=S)cc1. The molecule has 0 saturated carbocycles. The van der Waals surface area contributed by atoms with Gasteiger partial charge in [-0.1, -0.05) is 42.5 Å². The molecule has 0 radical (unpaired) electrons. The van der Waals surface area contributed by atoms with Crippen LogP contribution in [0.3, 0.4) is 0 Å². The number of nitrogens with one attached hydrogen (secondary N) is 1. The lowest BCUT2D eigenvalue weighted by atomic mass is 10.1. The Morgan fingerprint density at radius 3 is 2.43 bits per heavy atom. The molecular weight excluding hydrogens is 387 g/mol. The molecule has 0 amide bonds. The number of hydrogen-bond acceptors (Lipinski definition) is 4. The monoisotopic (exact) mass is 405 g/mol. The standard InChI is InChI=1S/C19H18F3N5S/c1-2-26(13-15-6-4-3-5-7-15)16-10-8-14(9-11-16)12-23-27-17(19(20,21)22)24-25-18(27)28/h3-12H,2,13H2,1H3,(H,25,28)/b23-12-. The van der Waals surface area contributed by atoms with E-state index >= 15 is 0 Å². The summed E-state index contributed by atoms with van der Waals surface area (Å²) >= 11 is 4.81. The fourth-order valence-corrected chi connectivity index (χ4v) is 2.85. The summed E-state index contributed by atoms with van der Waals surface area (Å²) < 4.78 is 39.1. The van der Waals surface area contributed by atoms with E-state index < -0.39 is 12.0 Å². The van der Waals surface area contributed by atoms with E-state index in [9.17, 15) is 13.2 Å². The highest BCUT2D eigenvalue weighted by Gasteiger charge is 2.37. The van der Waals surface area contributed by atoms with E-state index in [2.05, 4.69) is 39.3 Å². The average Bonchev–Trinajstić information content (AvgIpc) is 3.07. The van der Waals surface area contributed by atoms with E-state index in [1.807, 2.05) is 30.3 Å². The summed E-state index contributed by atoms with van der Waals surface area (Å²) in [5.41, 5.74) is 2.86. The topological polar surface area (TPSA) is 49.2 Å². The van der Waals surface area contributed by atoms with E-state index in [0.29, 0.717) is 10.2 Å². The number of H-pyrrole nitrogens is 1. The zero-order valence-corrected chi connectivity index (χ0v) is 15.8. The minimum absolute atomic E-state index is 0.222. The molecule has 3 aromatic rings. The predicted molar refractivity (Wildman–Crippen MR) is 105 cm³/mol. The Kier molecular flexibility index (Phi) is 5.93. The van der Waals surface area contributed by atoms with Gasteiger partial charge < -0.3 is 4.90 Å². The van der Waals surface area contributed by atoms with Crippen LogP contribution in [0.1, 0.15) is 23.9 Å². The highest BCUT2D eigenvalue weighted by atomic mass is 32.1. The van der Waals surface area contributed by atoms with Gasteiger partial charge in [-0.25, -0.2) is 5.10 Å². The van der Waals surface area contributed by atoms with Gasteiger partial charge in [0.1, 0.15) is 0 Å². The van der Waals surface area contributed by atoms with Gasteiger partial charge in [-0.15, -0.1) is 5.10 Å². The fourth-order valence-electron chi connectivity index (χ4n) is 2.67. The van der Waals surface area contributed by atoms with Crippen molar-refractivity contribution in [3.8, 4) is 0 Å². The van der Waals surface area contributed by atoms with Crippen LogP contribution in [0.25, 0.3) is 0 Å². The second-order valence-electron chi connectivity index (χ2n) is 6.00. The van der Waals surface area contributed by atoms with Gasteiger partial charge in [0.25, 0.3) is 5.82 Å². The number of aromatic nitrogens is 3. The zero-order valence-electron chi connectivity index (χ0n) is 15.0. The Hall–Kier alpha value is -2.94. The molecule has 28 heavy (non-hydrogen) atoms. The van der Waals surface area contributed by atoms with Crippen LogP contribution < -0.4 is 4.90 Å². The lowest BCUT2D eigenvalue weighted by Gasteiger charge is -2.23. The Morgan fingerprint density at radius 2 is 1.82 bits per heavy atom. The number of hydrogen-bond donors (Lipinski definition) is 1. The molecule has 0 aliphatic heterocycles. The van der Waals surface area contributed by atoms with E-state index in [1.165, 1.54) is 11.8 Å². The van der Waals surface area contributed by atoms with Crippen LogP contribution in [0.2, 0.25) is 0 Å². The summed E-state index contributed by atoms with van der Waals surface area (Å²) in [6.07, 6.45) is -3.33. The minimum atomic E-state index is -4.65. The van der Waals surface area contributed by atoms with E-state index in [-0.39, 0.29) is 4.77 Å². The van der Waals surface area contributed by atoms with Crippen LogP contribution in [-0.4, -0.2) is 27.6 Å². The van der Waals surface area contributed by atoms with E-state index in [0.717, 1.165) is 18.8 Å². The number of rotatable bonds is 6. The number of aromatic amines is 1. The van der Waals surface area contributed by atoms with Crippen LogP contribution in [-0.2, 0) is 12.7 Å². The van der Waals surface area contributed by atoms with Gasteiger partial charge in [-0.3, -0.25) is 0 Å². The first kappa shape index (κ1) is 19.8. The molecule has 0 fully saturated rings. The smallest absolute Gasteiger partial charge is 0.367 e. The van der Waals surface area contributed by atoms with Crippen LogP contribution in [0.15, 0.2) is 59.7 Å². The normalized spacial score (nSPS) is 11.9. The van der Waals surface area contributed by atoms with Crippen LogP contribution in [0, 0.1) is 4.77 Å². The molecule has 146 valence electrons. The number of alkyl halides is 3. The third kappa shape index (κ3) is 4.66. The first-order valence-electron chi connectivity index (χ1n) is 8.56. The van der Waals surface area contributed by atoms with E-state index in [1.54, 1.807) is 12.1 Å². The van der Waals surface area contributed by atoms with Crippen molar-refractivity contribution in [1.29, 1.82) is 0 Å². The lowest BCUT2D eigenvalue weighted by molar-refractivity contribution is -0.147. The highest BCUT2D eigenvalue weighted by molar-refractivity contribution is 7.71. The summed E-state index contributed by atoms with van der Waals surface area (Å²) in [6.45, 7) is 3.66. The van der Waals surface area contributed by atoms with Crippen LogP contribution in [0.5, 0.6) is 0 Å². The number of halogens is 3. The molecular formula is C19H18F3N5S. The number of nitrogens with zero attached hydrogens (tertiary/aromatic N) is 4. The summed E-state index contributed by atoms with van der Waals surface area (Å²) in [4.78, 5) is 2.20. The molecule has 3 rings (SSSR count). The number of benzene rings is 2. The Morgan fingerprint density at radius 1 is 1.14 bits per heavy atom. The van der Waals surface area contributed by atoms with Gasteiger partial charge in [0.05, 0.1) is 6.21 Å². The van der Waals surface area contributed by atoms with Gasteiger partial charge in [-0.2, -0.15) is 22.9 Å². The third-order valence-corrected chi connectivity index (χ3v) is 4.35. The van der Waals surface area contributed by atoms with Crippen molar-refractivity contribution in [1.82, 2.24) is 14.9 Å². The zero-order chi connectivity index (χ0) is 20.1. The summed E-state index contributed by atoms with van der Waals surface area (Å²) in [5.74, 6) is -1.19. The maximum atomic E-state index is 12.9. The second-order valence-corrected chi connectivity index (χ2v) is 6.38. The Bertz CT molecular complexity index is 991. The molecule has 0 unspecified atom stereocenters. The fraction of sp³-hybridized carbons (Fsp3) is 0.211. The molecule has 1 heterocycles. The number of anilines is 1. The van der Waals surface area contributed by atoms with E-state index in [4.69, 9.17) is 12.2 Å². The molecule has 0 aliphatic carbocycles. The highest BCUT2D eigenvalue weighted by Crippen LogP contribution is 2.27. The van der Waals surface area contributed by atoms with Crippen molar-refractivity contribution in [3.05, 3.63) is 76.3 Å². The van der Waals surface area contributed by atoms with Crippen LogP contribution in [0.4, 0.5) is 18.9 Å². The minimum Gasteiger partial charge on any atom is -0.367 e. The molecule has 2 aromatic carbocycles. The predicted octanol–water partition coefficient (Wildman–Crippen LogP) is 4.87. The average molecular weight is 405 g/mol. The van der Waals surface area contributed by atoms with Gasteiger partial charge in [0, 0.05) is 18.8 Å². The maximum Gasteiger partial charge on any atom is 0.453 e. The van der Waals surface area contributed by atoms with Crippen molar-refractivity contribution in [2.45, 2.75) is 19.6 Å². The Balaban J connectivity index is 1.77.